The third-order valence-electron chi connectivity index (χ3n) is 5.46. The fraction of sp³-hybridized carbons (Fsp3) is 1.00. The van der Waals surface area contributed by atoms with Gasteiger partial charge in [0.1, 0.15) is 0 Å². The second-order valence-electron chi connectivity index (χ2n) is 6.78. The van der Waals surface area contributed by atoms with E-state index in [4.69, 9.17) is 0 Å². The van der Waals surface area contributed by atoms with Crippen molar-refractivity contribution < 1.29 is 0 Å². The molecule has 0 bridgehead atoms. The fourth-order valence-electron chi connectivity index (χ4n) is 4.37. The molecule has 0 radical (unpaired) electrons. The molecule has 0 aliphatic heterocycles. The number of hydrogen-bond acceptors (Lipinski definition) is 0. The first-order valence-corrected chi connectivity index (χ1v) is 7.70. The maximum absolute atomic E-state index is 2.49. The summed E-state index contributed by atoms with van der Waals surface area (Å²) in [6, 6.07) is 0. The van der Waals surface area contributed by atoms with Crippen LogP contribution in [0.5, 0.6) is 0 Å². The second-order valence-corrected chi connectivity index (χ2v) is 6.78. The van der Waals surface area contributed by atoms with Crippen LogP contribution in [-0.2, 0) is 0 Å². The van der Waals surface area contributed by atoms with E-state index in [1.165, 1.54) is 25.7 Å². The minimum atomic E-state index is 0.994. The van der Waals surface area contributed by atoms with Crippen molar-refractivity contribution >= 4 is 0 Å². The topological polar surface area (TPSA) is 0 Å². The van der Waals surface area contributed by atoms with E-state index in [0.29, 0.717) is 0 Å². The summed E-state index contributed by atoms with van der Waals surface area (Å²) in [5, 5.41) is 0. The van der Waals surface area contributed by atoms with E-state index in [1.807, 2.05) is 0 Å². The quantitative estimate of drug-likeness (QED) is 0.607. The molecule has 94 valence electrons. The zero-order chi connectivity index (χ0) is 11.5. The van der Waals surface area contributed by atoms with Crippen LogP contribution in [0.3, 0.4) is 0 Å². The lowest BCUT2D eigenvalue weighted by molar-refractivity contribution is 0.290. The van der Waals surface area contributed by atoms with Gasteiger partial charge in [-0.2, -0.15) is 0 Å². The largest absolute Gasteiger partial charge is 0.0654 e. The van der Waals surface area contributed by atoms with E-state index >= 15 is 0 Å². The van der Waals surface area contributed by atoms with Gasteiger partial charge in [-0.1, -0.05) is 40.0 Å². The Bertz CT molecular complexity index is 208. The van der Waals surface area contributed by atoms with Crippen LogP contribution in [0.25, 0.3) is 0 Å². The van der Waals surface area contributed by atoms with E-state index in [1.54, 1.807) is 25.7 Å². The van der Waals surface area contributed by atoms with Crippen LogP contribution in [0.4, 0.5) is 0 Å². The summed E-state index contributed by atoms with van der Waals surface area (Å²) in [5.74, 6) is 5.30. The number of hydrogen-bond donors (Lipinski definition) is 0. The molecule has 0 heterocycles. The Balaban J connectivity index is 1.79. The maximum atomic E-state index is 2.49. The highest BCUT2D eigenvalue weighted by Gasteiger charge is 2.35. The van der Waals surface area contributed by atoms with Crippen molar-refractivity contribution in [1.29, 1.82) is 0 Å². The van der Waals surface area contributed by atoms with Crippen molar-refractivity contribution in [2.75, 3.05) is 0 Å². The Labute approximate surface area is 102 Å². The molecule has 16 heavy (non-hydrogen) atoms. The molecule has 5 atom stereocenters. The Morgan fingerprint density at radius 1 is 1.00 bits per heavy atom. The van der Waals surface area contributed by atoms with Crippen molar-refractivity contribution in [3.05, 3.63) is 0 Å². The van der Waals surface area contributed by atoms with Crippen LogP contribution in [0.1, 0.15) is 72.1 Å². The summed E-state index contributed by atoms with van der Waals surface area (Å²) in [5.41, 5.74) is 0. The Morgan fingerprint density at radius 2 is 1.69 bits per heavy atom. The van der Waals surface area contributed by atoms with Gasteiger partial charge in [-0.15, -0.1) is 0 Å². The average Bonchev–Trinajstić information content (AvgIpc) is 2.85. The Morgan fingerprint density at radius 3 is 2.31 bits per heavy atom. The first-order chi connectivity index (χ1) is 7.70. The van der Waals surface area contributed by atoms with Crippen LogP contribution in [0, 0.1) is 29.6 Å². The highest BCUT2D eigenvalue weighted by atomic mass is 14.4. The van der Waals surface area contributed by atoms with E-state index < -0.39 is 0 Å². The minimum Gasteiger partial charge on any atom is -0.0654 e. The normalized spacial score (nSPS) is 41.4. The van der Waals surface area contributed by atoms with Crippen LogP contribution >= 0.6 is 0 Å². The second kappa shape index (κ2) is 5.56. The van der Waals surface area contributed by atoms with Gasteiger partial charge in [0.15, 0.2) is 0 Å². The molecule has 2 saturated carbocycles. The zero-order valence-electron chi connectivity index (χ0n) is 11.5. The van der Waals surface area contributed by atoms with Gasteiger partial charge in [0.05, 0.1) is 0 Å². The number of rotatable bonds is 4. The van der Waals surface area contributed by atoms with Gasteiger partial charge in [0.25, 0.3) is 0 Å². The minimum absolute atomic E-state index is 0.994. The first kappa shape index (κ1) is 12.5. The fourth-order valence-corrected chi connectivity index (χ4v) is 4.37. The molecule has 0 aromatic carbocycles. The van der Waals surface area contributed by atoms with Gasteiger partial charge >= 0.3 is 0 Å². The van der Waals surface area contributed by atoms with Gasteiger partial charge in [-0.3, -0.25) is 0 Å². The molecule has 0 nitrogen and oxygen atoms in total. The standard InChI is InChI=1S/C16H30/c1-4-5-13(3)14-8-9-16(11-14)15-7-6-12(2)10-15/h12-16H,4-11H2,1-3H3. The molecule has 0 saturated heterocycles. The maximum Gasteiger partial charge on any atom is -0.0383 e. The van der Waals surface area contributed by atoms with E-state index in [0.717, 1.165) is 29.6 Å². The lowest BCUT2D eigenvalue weighted by Crippen LogP contribution is -2.12. The summed E-state index contributed by atoms with van der Waals surface area (Å²) in [6.45, 7) is 7.28. The average molecular weight is 222 g/mol. The third kappa shape index (κ3) is 2.81. The molecular weight excluding hydrogens is 192 g/mol. The van der Waals surface area contributed by atoms with Crippen LogP contribution < -0.4 is 0 Å². The monoisotopic (exact) mass is 222 g/mol. The van der Waals surface area contributed by atoms with Crippen molar-refractivity contribution in [3.63, 3.8) is 0 Å². The molecule has 0 N–H and O–H groups in total. The van der Waals surface area contributed by atoms with Gasteiger partial charge in [0, 0.05) is 0 Å². The third-order valence-corrected chi connectivity index (χ3v) is 5.46. The zero-order valence-corrected chi connectivity index (χ0v) is 11.5. The molecule has 0 aromatic heterocycles. The van der Waals surface area contributed by atoms with Crippen molar-refractivity contribution in [1.82, 2.24) is 0 Å². The molecule has 2 fully saturated rings. The predicted octanol–water partition coefficient (Wildman–Crippen LogP) is 5.28. The molecule has 0 amide bonds. The van der Waals surface area contributed by atoms with E-state index in [9.17, 15) is 0 Å². The predicted molar refractivity (Wildman–Crippen MR) is 71.4 cm³/mol. The van der Waals surface area contributed by atoms with Gasteiger partial charge < -0.3 is 0 Å². The highest BCUT2D eigenvalue weighted by Crippen LogP contribution is 2.46. The van der Waals surface area contributed by atoms with Gasteiger partial charge in [-0.25, -0.2) is 0 Å². The molecular formula is C16H30. The molecule has 0 aromatic rings. The molecule has 0 spiro atoms. The molecule has 5 unspecified atom stereocenters. The van der Waals surface area contributed by atoms with Crippen molar-refractivity contribution in [3.8, 4) is 0 Å². The van der Waals surface area contributed by atoms with Crippen LogP contribution in [0.15, 0.2) is 0 Å². The SMILES string of the molecule is CCCC(C)C1CCC(C2CCC(C)C2)C1. The molecule has 2 rings (SSSR count). The molecule has 2 aliphatic carbocycles. The lowest BCUT2D eigenvalue weighted by Gasteiger charge is -2.21. The smallest absolute Gasteiger partial charge is 0.0383 e. The Kier molecular flexibility index (Phi) is 4.33. The van der Waals surface area contributed by atoms with E-state index in [2.05, 4.69) is 20.8 Å². The molecule has 0 heteroatoms. The van der Waals surface area contributed by atoms with E-state index in [-0.39, 0.29) is 0 Å². The summed E-state index contributed by atoms with van der Waals surface area (Å²) in [4.78, 5) is 0. The van der Waals surface area contributed by atoms with Crippen molar-refractivity contribution in [2.45, 2.75) is 72.1 Å². The summed E-state index contributed by atoms with van der Waals surface area (Å²) in [6.07, 6.45) is 12.1. The summed E-state index contributed by atoms with van der Waals surface area (Å²) < 4.78 is 0. The highest BCUT2D eigenvalue weighted by molar-refractivity contribution is 4.86. The van der Waals surface area contributed by atoms with Gasteiger partial charge in [-0.05, 0) is 61.7 Å². The lowest BCUT2D eigenvalue weighted by atomic mass is 9.84. The Hall–Kier alpha value is 0. The van der Waals surface area contributed by atoms with Crippen molar-refractivity contribution in [2.24, 2.45) is 29.6 Å². The summed E-state index contributed by atoms with van der Waals surface area (Å²) in [7, 11) is 0. The van der Waals surface area contributed by atoms with Crippen LogP contribution in [0.2, 0.25) is 0 Å². The van der Waals surface area contributed by atoms with Crippen LogP contribution in [-0.4, -0.2) is 0 Å². The summed E-state index contributed by atoms with van der Waals surface area (Å²) >= 11 is 0. The van der Waals surface area contributed by atoms with Gasteiger partial charge in [0.2, 0.25) is 0 Å². The molecule has 2 aliphatic rings. The first-order valence-electron chi connectivity index (χ1n) is 7.70.